The number of benzene rings is 1. The average Bonchev–Trinajstić information content (AvgIpc) is 2.69. The molecule has 7 nitrogen and oxygen atoms in total. The maximum Gasteiger partial charge on any atom is 0.318 e. The van der Waals surface area contributed by atoms with E-state index in [4.69, 9.17) is 0 Å². The van der Waals surface area contributed by atoms with Crippen molar-refractivity contribution in [2.24, 2.45) is 0 Å². The van der Waals surface area contributed by atoms with Crippen LogP contribution in [0.2, 0.25) is 0 Å². The minimum absolute atomic E-state index is 0.202. The first kappa shape index (κ1) is 18.6. The molecule has 0 bridgehead atoms. The predicted octanol–water partition coefficient (Wildman–Crippen LogP) is 1.52. The fourth-order valence-corrected chi connectivity index (χ4v) is 2.92. The number of pyridine rings is 1. The Morgan fingerprint density at radius 1 is 1.04 bits per heavy atom. The number of carbonyl (C=O) groups excluding carboxylic acids is 1. The molecule has 7 heteroatoms. The molecular weight excluding hydrogens is 344 g/mol. The van der Waals surface area contributed by atoms with E-state index in [0.717, 1.165) is 18.4 Å². The Kier molecular flexibility index (Phi) is 5.80. The van der Waals surface area contributed by atoms with Gasteiger partial charge in [-0.25, -0.2) is 4.98 Å². The molecule has 0 saturated heterocycles. The number of nitrogens with one attached hydrogen (secondary N) is 1. The van der Waals surface area contributed by atoms with Crippen LogP contribution in [0.4, 0.5) is 0 Å². The molecule has 0 saturated carbocycles. The van der Waals surface area contributed by atoms with Crippen molar-refractivity contribution in [3.63, 3.8) is 0 Å². The molecule has 3 rings (SSSR count). The Labute approximate surface area is 156 Å². The number of fused-ring (bicyclic) bond motifs is 1. The highest BCUT2D eigenvalue weighted by atomic mass is 16.2. The van der Waals surface area contributed by atoms with Crippen LogP contribution < -0.4 is 16.4 Å². The molecule has 0 spiro atoms. The van der Waals surface area contributed by atoms with Gasteiger partial charge in [-0.2, -0.15) is 0 Å². The zero-order valence-corrected chi connectivity index (χ0v) is 15.2. The van der Waals surface area contributed by atoms with E-state index in [1.54, 1.807) is 18.3 Å². The second-order valence-corrected chi connectivity index (χ2v) is 6.32. The van der Waals surface area contributed by atoms with Gasteiger partial charge >= 0.3 is 11.1 Å². The second-order valence-electron chi connectivity index (χ2n) is 6.32. The summed E-state index contributed by atoms with van der Waals surface area (Å²) in [5, 5.41) is 2.77. The molecule has 2 heterocycles. The van der Waals surface area contributed by atoms with E-state index in [9.17, 15) is 14.4 Å². The molecule has 2 aromatic heterocycles. The lowest BCUT2D eigenvalue weighted by Gasteiger charge is -2.14. The summed E-state index contributed by atoms with van der Waals surface area (Å²) in [6.45, 7) is 2.62. The second kappa shape index (κ2) is 8.44. The molecule has 0 fully saturated rings. The summed E-state index contributed by atoms with van der Waals surface area (Å²) in [6.07, 6.45) is 3.39. The van der Waals surface area contributed by atoms with Crippen molar-refractivity contribution in [2.45, 2.75) is 32.9 Å². The van der Waals surface area contributed by atoms with E-state index in [-0.39, 0.29) is 19.0 Å². The van der Waals surface area contributed by atoms with Crippen LogP contribution >= 0.6 is 0 Å². The minimum Gasteiger partial charge on any atom is -0.355 e. The van der Waals surface area contributed by atoms with Gasteiger partial charge in [0.05, 0.1) is 12.1 Å². The Morgan fingerprint density at radius 2 is 1.78 bits per heavy atom. The quantitative estimate of drug-likeness (QED) is 0.507. The zero-order valence-electron chi connectivity index (χ0n) is 15.2. The fourth-order valence-electron chi connectivity index (χ4n) is 2.92. The number of rotatable bonds is 7. The smallest absolute Gasteiger partial charge is 0.318 e. The van der Waals surface area contributed by atoms with Crippen LogP contribution in [-0.2, 0) is 17.9 Å². The van der Waals surface area contributed by atoms with Crippen molar-refractivity contribution in [2.75, 3.05) is 6.54 Å². The minimum atomic E-state index is -0.725. The van der Waals surface area contributed by atoms with Gasteiger partial charge in [0, 0.05) is 12.7 Å². The van der Waals surface area contributed by atoms with Crippen molar-refractivity contribution in [3.8, 4) is 0 Å². The largest absolute Gasteiger partial charge is 0.355 e. The Hall–Kier alpha value is -3.22. The Balaban J connectivity index is 2.03. The van der Waals surface area contributed by atoms with Crippen molar-refractivity contribution < 1.29 is 4.79 Å². The molecule has 0 aliphatic rings. The lowest BCUT2D eigenvalue weighted by Crippen LogP contribution is -2.44. The Bertz CT molecular complexity index is 1050. The monoisotopic (exact) mass is 366 g/mol. The fraction of sp³-hybridized carbons (Fsp3) is 0.300. The lowest BCUT2D eigenvalue weighted by atomic mass is 10.2. The normalized spacial score (nSPS) is 10.9. The van der Waals surface area contributed by atoms with Crippen LogP contribution in [0.15, 0.2) is 58.3 Å². The van der Waals surface area contributed by atoms with Crippen LogP contribution in [0.5, 0.6) is 0 Å². The van der Waals surface area contributed by atoms with Crippen molar-refractivity contribution in [1.82, 2.24) is 19.4 Å². The predicted molar refractivity (Wildman–Crippen MR) is 104 cm³/mol. The third kappa shape index (κ3) is 4.13. The summed E-state index contributed by atoms with van der Waals surface area (Å²) in [6, 6.07) is 12.8. The first-order chi connectivity index (χ1) is 13.1. The molecule has 0 radical (unpaired) electrons. The number of hydrogen-bond donors (Lipinski definition) is 1. The number of unbranched alkanes of at least 4 members (excludes halogenated alkanes) is 1. The van der Waals surface area contributed by atoms with E-state index >= 15 is 0 Å². The first-order valence-electron chi connectivity index (χ1n) is 9.00. The maximum atomic E-state index is 12.7. The molecule has 3 aromatic rings. The summed E-state index contributed by atoms with van der Waals surface area (Å²) in [4.78, 5) is 41.9. The third-order valence-corrected chi connectivity index (χ3v) is 4.32. The molecule has 27 heavy (non-hydrogen) atoms. The number of hydrogen-bond acceptors (Lipinski definition) is 4. The SMILES string of the molecule is CCCCNC(=O)Cn1c(=O)c(=O)n(Cc2ccccc2)c2ncccc21. The van der Waals surface area contributed by atoms with Gasteiger partial charge in [-0.15, -0.1) is 0 Å². The molecule has 0 aliphatic carbocycles. The highest BCUT2D eigenvalue weighted by Crippen LogP contribution is 2.10. The molecular formula is C20H22N4O3. The highest BCUT2D eigenvalue weighted by Gasteiger charge is 2.16. The van der Waals surface area contributed by atoms with E-state index < -0.39 is 11.1 Å². The molecule has 0 unspecified atom stereocenters. The molecule has 0 aliphatic heterocycles. The summed E-state index contributed by atoms with van der Waals surface area (Å²) >= 11 is 0. The van der Waals surface area contributed by atoms with E-state index in [1.807, 2.05) is 37.3 Å². The van der Waals surface area contributed by atoms with Crippen molar-refractivity contribution in [1.29, 1.82) is 0 Å². The van der Waals surface area contributed by atoms with Gasteiger partial charge in [0.2, 0.25) is 5.91 Å². The van der Waals surface area contributed by atoms with Gasteiger partial charge in [-0.1, -0.05) is 43.7 Å². The third-order valence-electron chi connectivity index (χ3n) is 4.32. The Morgan fingerprint density at radius 3 is 2.52 bits per heavy atom. The number of carbonyl (C=O) groups is 1. The standard InChI is InChI=1S/C20H22N4O3/c1-2-3-11-21-17(25)14-23-16-10-7-12-22-18(16)24(20(27)19(23)26)13-15-8-5-4-6-9-15/h4-10,12H,2-3,11,13-14H2,1H3,(H,21,25). The maximum absolute atomic E-state index is 12.7. The lowest BCUT2D eigenvalue weighted by molar-refractivity contribution is -0.121. The highest BCUT2D eigenvalue weighted by molar-refractivity contribution is 5.78. The molecule has 140 valence electrons. The average molecular weight is 366 g/mol. The van der Waals surface area contributed by atoms with Gasteiger partial charge in [-0.05, 0) is 24.1 Å². The van der Waals surface area contributed by atoms with E-state index in [0.29, 0.717) is 17.7 Å². The van der Waals surface area contributed by atoms with Gasteiger partial charge < -0.3 is 5.32 Å². The number of aromatic nitrogens is 3. The van der Waals surface area contributed by atoms with Gasteiger partial charge in [0.25, 0.3) is 0 Å². The van der Waals surface area contributed by atoms with Crippen LogP contribution in [0.25, 0.3) is 11.2 Å². The number of nitrogens with zero attached hydrogens (tertiary/aromatic N) is 3. The van der Waals surface area contributed by atoms with Crippen LogP contribution in [0, 0.1) is 0 Å². The van der Waals surface area contributed by atoms with Crippen LogP contribution in [-0.4, -0.2) is 26.6 Å². The first-order valence-corrected chi connectivity index (χ1v) is 9.00. The van der Waals surface area contributed by atoms with Gasteiger partial charge in [0.15, 0.2) is 5.65 Å². The summed E-state index contributed by atoms with van der Waals surface area (Å²) in [7, 11) is 0. The molecule has 1 N–H and O–H groups in total. The van der Waals surface area contributed by atoms with E-state index in [2.05, 4.69) is 10.3 Å². The summed E-state index contributed by atoms with van der Waals surface area (Å²) in [5.74, 6) is -0.295. The van der Waals surface area contributed by atoms with Gasteiger partial charge in [0.1, 0.15) is 6.54 Å². The number of amides is 1. The zero-order chi connectivity index (χ0) is 19.2. The van der Waals surface area contributed by atoms with Crippen LogP contribution in [0.1, 0.15) is 25.3 Å². The summed E-state index contributed by atoms with van der Waals surface area (Å²) < 4.78 is 2.56. The molecule has 1 aromatic carbocycles. The van der Waals surface area contributed by atoms with Crippen molar-refractivity contribution in [3.05, 3.63) is 74.9 Å². The van der Waals surface area contributed by atoms with Crippen LogP contribution in [0.3, 0.4) is 0 Å². The van der Waals surface area contributed by atoms with Gasteiger partial charge in [-0.3, -0.25) is 23.5 Å². The van der Waals surface area contributed by atoms with E-state index in [1.165, 1.54) is 9.13 Å². The molecule has 0 atom stereocenters. The van der Waals surface area contributed by atoms with Crippen molar-refractivity contribution >= 4 is 17.1 Å². The summed E-state index contributed by atoms with van der Waals surface area (Å²) in [5.41, 5.74) is 0.320. The molecule has 1 amide bonds. The topological polar surface area (TPSA) is 86.0 Å².